The molecule has 23 heavy (non-hydrogen) atoms. The van der Waals surface area contributed by atoms with Crippen LogP contribution in [0, 0.1) is 17.2 Å². The van der Waals surface area contributed by atoms with Crippen LogP contribution in [-0.2, 0) is 9.59 Å². The lowest BCUT2D eigenvalue weighted by atomic mass is 9.90. The Morgan fingerprint density at radius 3 is 2.57 bits per heavy atom. The molecule has 2 aliphatic rings. The lowest BCUT2D eigenvalue weighted by Crippen LogP contribution is -2.45. The summed E-state index contributed by atoms with van der Waals surface area (Å²) in [5.41, 5.74) is -0.113. The molecule has 1 spiro atoms. The van der Waals surface area contributed by atoms with Gasteiger partial charge in [-0.2, -0.15) is 0 Å². The molecule has 2 atom stereocenters. The second kappa shape index (κ2) is 5.83. The molecule has 1 amide bonds. The summed E-state index contributed by atoms with van der Waals surface area (Å²) in [7, 11) is 0. The van der Waals surface area contributed by atoms with E-state index < -0.39 is 17.9 Å². The summed E-state index contributed by atoms with van der Waals surface area (Å²) in [6, 6.07) is 5.99. The number of piperidine rings is 1. The van der Waals surface area contributed by atoms with Gasteiger partial charge in [-0.25, -0.2) is 4.39 Å². The summed E-state index contributed by atoms with van der Waals surface area (Å²) in [4.78, 5) is 25.2. The van der Waals surface area contributed by atoms with Gasteiger partial charge in [0.2, 0.25) is 0 Å². The fourth-order valence-corrected chi connectivity index (χ4v) is 3.46. The van der Waals surface area contributed by atoms with Crippen molar-refractivity contribution in [3.05, 3.63) is 30.1 Å². The maximum absolute atomic E-state index is 13.6. The molecule has 1 aliphatic carbocycles. The number of rotatable bonds is 4. The van der Waals surface area contributed by atoms with Gasteiger partial charge in [0.25, 0.3) is 5.91 Å². The normalized spacial score (nSPS) is 23.4. The van der Waals surface area contributed by atoms with Gasteiger partial charge in [-0.1, -0.05) is 12.1 Å². The highest BCUT2D eigenvalue weighted by molar-refractivity contribution is 5.81. The van der Waals surface area contributed by atoms with Crippen LogP contribution in [-0.4, -0.2) is 41.1 Å². The van der Waals surface area contributed by atoms with Crippen LogP contribution in [0.3, 0.4) is 0 Å². The summed E-state index contributed by atoms with van der Waals surface area (Å²) in [6.07, 6.45) is 1.37. The minimum Gasteiger partial charge on any atom is -0.481 e. The lowest BCUT2D eigenvalue weighted by Gasteiger charge is -2.34. The van der Waals surface area contributed by atoms with E-state index in [0.717, 1.165) is 0 Å². The molecule has 1 heterocycles. The summed E-state index contributed by atoms with van der Waals surface area (Å²) in [6.45, 7) is 2.68. The monoisotopic (exact) mass is 321 g/mol. The number of carboxylic acid groups (broad SMARTS) is 1. The highest BCUT2D eigenvalue weighted by Crippen LogP contribution is 2.59. The molecule has 1 saturated heterocycles. The predicted octanol–water partition coefficient (Wildman–Crippen LogP) is 2.31. The predicted molar refractivity (Wildman–Crippen MR) is 80.5 cm³/mol. The van der Waals surface area contributed by atoms with Crippen molar-refractivity contribution in [3.63, 3.8) is 0 Å². The molecule has 6 heteroatoms. The molecule has 0 aromatic heterocycles. The van der Waals surface area contributed by atoms with Crippen LogP contribution in [0.1, 0.15) is 26.2 Å². The Morgan fingerprint density at radius 1 is 1.35 bits per heavy atom. The standard InChI is InChI=1S/C17H20FNO4/c1-11(23-14-5-3-2-4-13(14)18)15(20)19-8-6-17(7-9-19)10-12(17)16(21)22/h2-5,11-12H,6-10H2,1H3,(H,21,22). The van der Waals surface area contributed by atoms with Crippen molar-refractivity contribution in [3.8, 4) is 5.75 Å². The quantitative estimate of drug-likeness (QED) is 0.924. The molecular formula is C17H20FNO4. The molecule has 0 radical (unpaired) electrons. The number of carboxylic acids is 1. The van der Waals surface area contributed by atoms with E-state index in [9.17, 15) is 14.0 Å². The number of aliphatic carboxylic acids is 1. The molecule has 1 aromatic rings. The first kappa shape index (κ1) is 15.8. The third kappa shape index (κ3) is 3.02. The van der Waals surface area contributed by atoms with E-state index in [2.05, 4.69) is 0 Å². The van der Waals surface area contributed by atoms with Crippen molar-refractivity contribution in [1.29, 1.82) is 0 Å². The second-order valence-electron chi connectivity index (χ2n) is 6.47. The molecule has 2 unspecified atom stereocenters. The number of carbonyl (C=O) groups is 2. The van der Waals surface area contributed by atoms with E-state index >= 15 is 0 Å². The molecule has 5 nitrogen and oxygen atoms in total. The summed E-state index contributed by atoms with van der Waals surface area (Å²) < 4.78 is 19.0. The van der Waals surface area contributed by atoms with Gasteiger partial charge in [0.1, 0.15) is 0 Å². The van der Waals surface area contributed by atoms with Gasteiger partial charge in [-0.15, -0.1) is 0 Å². The SMILES string of the molecule is CC(Oc1ccccc1F)C(=O)N1CCC2(CC1)CC2C(=O)O. The van der Waals surface area contributed by atoms with E-state index in [4.69, 9.17) is 9.84 Å². The van der Waals surface area contributed by atoms with Crippen molar-refractivity contribution in [1.82, 2.24) is 4.90 Å². The average molecular weight is 321 g/mol. The smallest absolute Gasteiger partial charge is 0.307 e. The van der Waals surface area contributed by atoms with Crippen LogP contribution < -0.4 is 4.74 Å². The Labute approximate surface area is 134 Å². The summed E-state index contributed by atoms with van der Waals surface area (Å²) in [5.74, 6) is -1.61. The number of benzene rings is 1. The van der Waals surface area contributed by atoms with Gasteiger partial charge in [-0.05, 0) is 43.7 Å². The van der Waals surface area contributed by atoms with Crippen LogP contribution in [0.2, 0.25) is 0 Å². The molecule has 2 fully saturated rings. The lowest BCUT2D eigenvalue weighted by molar-refractivity contribution is -0.141. The van der Waals surface area contributed by atoms with Gasteiger partial charge >= 0.3 is 5.97 Å². The largest absolute Gasteiger partial charge is 0.481 e. The maximum Gasteiger partial charge on any atom is 0.307 e. The fourth-order valence-electron chi connectivity index (χ4n) is 3.46. The topological polar surface area (TPSA) is 66.8 Å². The highest BCUT2D eigenvalue weighted by atomic mass is 19.1. The van der Waals surface area contributed by atoms with Crippen molar-refractivity contribution in [2.75, 3.05) is 13.1 Å². The molecule has 124 valence electrons. The third-order valence-electron chi connectivity index (χ3n) is 5.05. The number of hydrogen-bond donors (Lipinski definition) is 1. The molecule has 1 saturated carbocycles. The summed E-state index contributed by atoms with van der Waals surface area (Å²) in [5, 5.41) is 9.09. The Hall–Kier alpha value is -2.11. The minimum absolute atomic E-state index is 0.0648. The van der Waals surface area contributed by atoms with Crippen LogP contribution in [0.15, 0.2) is 24.3 Å². The van der Waals surface area contributed by atoms with Crippen LogP contribution >= 0.6 is 0 Å². The molecule has 1 N–H and O–H groups in total. The van der Waals surface area contributed by atoms with E-state index in [0.29, 0.717) is 32.4 Å². The van der Waals surface area contributed by atoms with E-state index in [1.54, 1.807) is 24.0 Å². The Balaban J connectivity index is 1.55. The highest BCUT2D eigenvalue weighted by Gasteiger charge is 2.59. The minimum atomic E-state index is -0.768. The first-order valence-corrected chi connectivity index (χ1v) is 7.86. The van der Waals surface area contributed by atoms with Crippen LogP contribution in [0.5, 0.6) is 5.75 Å². The van der Waals surface area contributed by atoms with Crippen molar-refractivity contribution >= 4 is 11.9 Å². The number of para-hydroxylation sites is 1. The van der Waals surface area contributed by atoms with Crippen molar-refractivity contribution < 1.29 is 23.8 Å². The maximum atomic E-state index is 13.6. The van der Waals surface area contributed by atoms with Gasteiger partial charge in [-0.3, -0.25) is 9.59 Å². The second-order valence-corrected chi connectivity index (χ2v) is 6.47. The van der Waals surface area contributed by atoms with Crippen molar-refractivity contribution in [2.24, 2.45) is 11.3 Å². The molecule has 1 aromatic carbocycles. The van der Waals surface area contributed by atoms with Crippen LogP contribution in [0.25, 0.3) is 0 Å². The first-order valence-electron chi connectivity index (χ1n) is 7.86. The molecule has 0 bridgehead atoms. The van der Waals surface area contributed by atoms with E-state index in [1.165, 1.54) is 12.1 Å². The zero-order valence-electron chi connectivity index (χ0n) is 13.0. The molecular weight excluding hydrogens is 301 g/mol. The van der Waals surface area contributed by atoms with Crippen LogP contribution in [0.4, 0.5) is 4.39 Å². The van der Waals surface area contributed by atoms with Gasteiger partial charge in [0.05, 0.1) is 5.92 Å². The zero-order valence-corrected chi connectivity index (χ0v) is 13.0. The van der Waals surface area contributed by atoms with Gasteiger partial charge in [0, 0.05) is 13.1 Å². The number of hydrogen-bond acceptors (Lipinski definition) is 3. The number of nitrogens with zero attached hydrogens (tertiary/aromatic N) is 1. The fraction of sp³-hybridized carbons (Fsp3) is 0.529. The zero-order chi connectivity index (χ0) is 16.6. The Morgan fingerprint density at radius 2 is 2.00 bits per heavy atom. The Bertz CT molecular complexity index is 625. The van der Waals surface area contributed by atoms with E-state index in [1.807, 2.05) is 0 Å². The number of amides is 1. The molecule has 3 rings (SSSR count). The third-order valence-corrected chi connectivity index (χ3v) is 5.05. The van der Waals surface area contributed by atoms with Crippen molar-refractivity contribution in [2.45, 2.75) is 32.3 Å². The summed E-state index contributed by atoms with van der Waals surface area (Å²) >= 11 is 0. The van der Waals surface area contributed by atoms with E-state index in [-0.39, 0.29) is 23.0 Å². The Kier molecular flexibility index (Phi) is 4.00. The number of ether oxygens (including phenoxy) is 1. The number of halogens is 1. The molecule has 1 aliphatic heterocycles. The number of likely N-dealkylation sites (tertiary alicyclic amines) is 1. The average Bonchev–Trinajstić information content (AvgIpc) is 3.23. The van der Waals surface area contributed by atoms with Gasteiger partial charge < -0.3 is 14.7 Å². The first-order chi connectivity index (χ1) is 10.9. The van der Waals surface area contributed by atoms with Gasteiger partial charge in [0.15, 0.2) is 17.7 Å². The number of carbonyl (C=O) groups excluding carboxylic acids is 1.